The van der Waals surface area contributed by atoms with Gasteiger partial charge in [-0.3, -0.25) is 4.79 Å². The molecule has 2 N–H and O–H groups in total. The number of hydrogen-bond donors (Lipinski definition) is 2. The van der Waals surface area contributed by atoms with Gasteiger partial charge in [0.15, 0.2) is 0 Å². The van der Waals surface area contributed by atoms with E-state index in [9.17, 15) is 9.59 Å². The van der Waals surface area contributed by atoms with Gasteiger partial charge in [0.1, 0.15) is 0 Å². The van der Waals surface area contributed by atoms with Gasteiger partial charge in [-0.15, -0.1) is 6.58 Å². The van der Waals surface area contributed by atoms with Crippen molar-refractivity contribution in [2.24, 2.45) is 5.41 Å². The molecule has 0 saturated heterocycles. The molecule has 0 fully saturated rings. The van der Waals surface area contributed by atoms with Crippen LogP contribution in [0.15, 0.2) is 12.7 Å². The van der Waals surface area contributed by atoms with Gasteiger partial charge in [-0.25, -0.2) is 4.79 Å². The maximum Gasteiger partial charge on any atom is 0.317 e. The third-order valence-electron chi connectivity index (χ3n) is 2.63. The average Bonchev–Trinajstić information content (AvgIpc) is 2.21. The molecule has 0 spiro atoms. The van der Waals surface area contributed by atoms with Crippen LogP contribution in [0.2, 0.25) is 0 Å². The van der Waals surface area contributed by atoms with Gasteiger partial charge in [-0.05, 0) is 18.8 Å². The summed E-state index contributed by atoms with van der Waals surface area (Å²) in [5, 5.41) is 11.7. The first kappa shape index (κ1) is 17.5. The lowest BCUT2D eigenvalue weighted by atomic mass is 9.87. The zero-order valence-corrected chi connectivity index (χ0v) is 12.4. The predicted molar refractivity (Wildman–Crippen MR) is 76.1 cm³/mol. The molecule has 2 amide bonds. The molecule has 110 valence electrons. The summed E-state index contributed by atoms with van der Waals surface area (Å²) in [5.74, 6) is -0.902. The molecule has 5 nitrogen and oxygen atoms in total. The van der Waals surface area contributed by atoms with E-state index in [-0.39, 0.29) is 23.9 Å². The Balaban J connectivity index is 4.65. The van der Waals surface area contributed by atoms with E-state index >= 15 is 0 Å². The molecule has 0 rings (SSSR count). The van der Waals surface area contributed by atoms with Gasteiger partial charge in [0, 0.05) is 19.1 Å². The fraction of sp³-hybridized carbons (Fsp3) is 0.714. The number of carbonyl (C=O) groups excluding carboxylic acids is 1. The van der Waals surface area contributed by atoms with E-state index in [1.54, 1.807) is 11.0 Å². The van der Waals surface area contributed by atoms with Crippen molar-refractivity contribution in [3.63, 3.8) is 0 Å². The lowest BCUT2D eigenvalue weighted by Crippen LogP contribution is -2.46. The van der Waals surface area contributed by atoms with Gasteiger partial charge >= 0.3 is 12.0 Å². The molecule has 1 unspecified atom stereocenters. The van der Waals surface area contributed by atoms with Gasteiger partial charge in [-0.2, -0.15) is 0 Å². The van der Waals surface area contributed by atoms with Crippen LogP contribution in [0.3, 0.4) is 0 Å². The number of hydrogen-bond acceptors (Lipinski definition) is 2. The van der Waals surface area contributed by atoms with Gasteiger partial charge in [0.25, 0.3) is 0 Å². The number of nitrogens with zero attached hydrogens (tertiary/aromatic N) is 1. The van der Waals surface area contributed by atoms with Gasteiger partial charge in [-0.1, -0.05) is 26.8 Å². The Morgan fingerprint density at radius 3 is 2.37 bits per heavy atom. The average molecular weight is 270 g/mol. The third-order valence-corrected chi connectivity index (χ3v) is 2.63. The maximum atomic E-state index is 12.0. The number of urea groups is 1. The Bertz CT molecular complexity index is 321. The fourth-order valence-corrected chi connectivity index (χ4v) is 1.90. The first-order valence-corrected chi connectivity index (χ1v) is 6.57. The lowest BCUT2D eigenvalue weighted by Gasteiger charge is -2.28. The summed E-state index contributed by atoms with van der Waals surface area (Å²) in [5.41, 5.74) is -0.0388. The quantitative estimate of drug-likeness (QED) is 0.698. The number of likely N-dealkylation sites (N-methyl/N-ethyl adjacent to an activating group) is 1. The molecule has 0 aromatic carbocycles. The van der Waals surface area contributed by atoms with Crippen LogP contribution >= 0.6 is 0 Å². The smallest absolute Gasteiger partial charge is 0.317 e. The Hall–Kier alpha value is -1.52. The normalized spacial score (nSPS) is 12.6. The number of carbonyl (C=O) groups is 2. The molecule has 5 heteroatoms. The number of carboxylic acids is 1. The number of amides is 2. The highest BCUT2D eigenvalue weighted by Crippen LogP contribution is 2.22. The monoisotopic (exact) mass is 270 g/mol. The van der Waals surface area contributed by atoms with E-state index in [0.717, 1.165) is 0 Å². The summed E-state index contributed by atoms with van der Waals surface area (Å²) in [6, 6.07) is -0.596. The molecule has 0 radical (unpaired) electrons. The van der Waals surface area contributed by atoms with Crippen molar-refractivity contribution in [3.8, 4) is 0 Å². The lowest BCUT2D eigenvalue weighted by molar-refractivity contribution is -0.137. The molecule has 0 saturated carbocycles. The van der Waals surface area contributed by atoms with E-state index in [1.165, 1.54) is 0 Å². The second-order valence-corrected chi connectivity index (χ2v) is 5.84. The van der Waals surface area contributed by atoms with E-state index in [1.807, 2.05) is 27.7 Å². The highest BCUT2D eigenvalue weighted by Gasteiger charge is 2.24. The molecule has 0 aliphatic rings. The maximum absolute atomic E-state index is 12.0. The molecule has 0 heterocycles. The number of nitrogens with one attached hydrogen (secondary N) is 1. The molecule has 0 aliphatic heterocycles. The Labute approximate surface area is 115 Å². The zero-order chi connectivity index (χ0) is 15.1. The van der Waals surface area contributed by atoms with Crippen molar-refractivity contribution >= 4 is 12.0 Å². The van der Waals surface area contributed by atoms with Crippen LogP contribution in [-0.2, 0) is 4.79 Å². The standard InChI is InChI=1S/C14H26N2O3/c1-6-8-16(7-2)13(19)15-11(9-12(17)18)10-14(3,4)5/h6,11H,1,7-10H2,2-5H3,(H,15,19)(H,17,18). The molecule has 0 aromatic rings. The highest BCUT2D eigenvalue weighted by molar-refractivity contribution is 5.76. The minimum absolute atomic E-state index is 0.0388. The SMILES string of the molecule is C=CCN(CC)C(=O)NC(CC(=O)O)CC(C)(C)C. The van der Waals surface area contributed by atoms with Crippen LogP contribution in [-0.4, -0.2) is 41.1 Å². The second-order valence-electron chi connectivity index (χ2n) is 5.84. The molecular weight excluding hydrogens is 244 g/mol. The molecule has 1 atom stereocenters. The highest BCUT2D eigenvalue weighted by atomic mass is 16.4. The first-order valence-electron chi connectivity index (χ1n) is 6.57. The summed E-state index contributed by atoms with van der Waals surface area (Å²) in [4.78, 5) is 24.5. The fourth-order valence-electron chi connectivity index (χ4n) is 1.90. The zero-order valence-electron chi connectivity index (χ0n) is 12.4. The summed E-state index contributed by atoms with van der Waals surface area (Å²) < 4.78 is 0. The summed E-state index contributed by atoms with van der Waals surface area (Å²) in [7, 11) is 0. The van der Waals surface area contributed by atoms with Crippen LogP contribution in [0, 0.1) is 5.41 Å². The molecule has 0 aliphatic carbocycles. The van der Waals surface area contributed by atoms with Crippen molar-refractivity contribution < 1.29 is 14.7 Å². The van der Waals surface area contributed by atoms with Gasteiger partial charge < -0.3 is 15.3 Å². The van der Waals surface area contributed by atoms with E-state index in [4.69, 9.17) is 5.11 Å². The third kappa shape index (κ3) is 8.24. The predicted octanol–water partition coefficient (Wildman–Crippen LogP) is 2.48. The first-order chi connectivity index (χ1) is 8.69. The number of aliphatic carboxylic acids is 1. The van der Waals surface area contributed by atoms with Crippen molar-refractivity contribution in [2.45, 2.75) is 46.6 Å². The minimum atomic E-state index is -0.902. The van der Waals surface area contributed by atoms with Gasteiger partial charge in [0.2, 0.25) is 0 Å². The van der Waals surface area contributed by atoms with Crippen LogP contribution in [0.5, 0.6) is 0 Å². The van der Waals surface area contributed by atoms with Crippen molar-refractivity contribution in [1.29, 1.82) is 0 Å². The van der Waals surface area contributed by atoms with E-state index < -0.39 is 5.97 Å². The summed E-state index contributed by atoms with van der Waals surface area (Å²) in [6.45, 7) is 12.6. The van der Waals surface area contributed by atoms with Crippen molar-refractivity contribution in [1.82, 2.24) is 10.2 Å². The van der Waals surface area contributed by atoms with E-state index in [2.05, 4.69) is 11.9 Å². The second kappa shape index (κ2) is 7.81. The van der Waals surface area contributed by atoms with Crippen molar-refractivity contribution in [2.75, 3.05) is 13.1 Å². The van der Waals surface area contributed by atoms with E-state index in [0.29, 0.717) is 19.5 Å². The topological polar surface area (TPSA) is 69.6 Å². The van der Waals surface area contributed by atoms with Crippen LogP contribution in [0.1, 0.15) is 40.5 Å². The van der Waals surface area contributed by atoms with Crippen LogP contribution < -0.4 is 5.32 Å². The summed E-state index contributed by atoms with van der Waals surface area (Å²) in [6.07, 6.45) is 2.21. The van der Waals surface area contributed by atoms with Crippen molar-refractivity contribution in [3.05, 3.63) is 12.7 Å². The molecular formula is C14H26N2O3. The Kier molecular flexibility index (Phi) is 7.19. The molecule has 19 heavy (non-hydrogen) atoms. The van der Waals surface area contributed by atoms with Crippen LogP contribution in [0.4, 0.5) is 4.79 Å². The Morgan fingerprint density at radius 2 is 2.00 bits per heavy atom. The number of carboxylic acid groups (broad SMARTS) is 1. The Morgan fingerprint density at radius 1 is 1.42 bits per heavy atom. The molecule has 0 aromatic heterocycles. The minimum Gasteiger partial charge on any atom is -0.481 e. The van der Waals surface area contributed by atoms with Crippen LogP contribution in [0.25, 0.3) is 0 Å². The molecule has 0 bridgehead atoms. The largest absolute Gasteiger partial charge is 0.481 e. The van der Waals surface area contributed by atoms with Gasteiger partial charge in [0.05, 0.1) is 6.42 Å². The number of rotatable bonds is 7. The summed E-state index contributed by atoms with van der Waals surface area (Å²) >= 11 is 0.